The maximum absolute atomic E-state index is 9.69. The predicted octanol–water partition coefficient (Wildman–Crippen LogP) is 1.08. The number of halogens is 2. The van der Waals surface area contributed by atoms with Crippen LogP contribution in [0.25, 0.3) is 0 Å². The molecule has 0 unspecified atom stereocenters. The van der Waals surface area contributed by atoms with Gasteiger partial charge in [-0.15, -0.1) is 0 Å². The molecule has 0 aromatic carbocycles. The second-order valence-electron chi connectivity index (χ2n) is 1.01. The van der Waals surface area contributed by atoms with Gasteiger partial charge in [-0.25, -0.2) is 4.79 Å². The summed E-state index contributed by atoms with van der Waals surface area (Å²) >= 11 is 9.85. The van der Waals surface area contributed by atoms with E-state index in [1.54, 1.807) is 0 Å². The molecular formula is C3H3Cl2O2. The van der Waals surface area contributed by atoms with Gasteiger partial charge < -0.3 is 5.11 Å². The molecule has 0 saturated carbocycles. The summed E-state index contributed by atoms with van der Waals surface area (Å²) in [6, 6.07) is 0. The van der Waals surface area contributed by atoms with Crippen molar-refractivity contribution in [1.29, 1.82) is 0 Å². The molecule has 0 atom stereocenters. The van der Waals surface area contributed by atoms with Crippen LogP contribution in [-0.4, -0.2) is 15.4 Å². The zero-order valence-electron chi connectivity index (χ0n) is 3.32. The molecule has 0 aliphatic carbocycles. The first-order valence-corrected chi connectivity index (χ1v) is 2.17. The zero-order chi connectivity index (χ0) is 6.08. The SMILES string of the molecule is [CH2]C(Cl)(Cl)C(=O)O. The van der Waals surface area contributed by atoms with Crippen molar-refractivity contribution in [2.24, 2.45) is 0 Å². The molecule has 0 amide bonds. The van der Waals surface area contributed by atoms with Crippen LogP contribution in [-0.2, 0) is 4.79 Å². The van der Waals surface area contributed by atoms with Gasteiger partial charge >= 0.3 is 5.97 Å². The number of hydrogen-bond donors (Lipinski definition) is 1. The quantitative estimate of drug-likeness (QED) is 0.556. The fraction of sp³-hybridized carbons (Fsp3) is 0.333. The molecule has 0 fully saturated rings. The minimum Gasteiger partial charge on any atom is -0.479 e. The summed E-state index contributed by atoms with van der Waals surface area (Å²) in [6.45, 7) is 2.90. The number of carboxylic acid groups (broad SMARTS) is 1. The van der Waals surface area contributed by atoms with E-state index >= 15 is 0 Å². The summed E-state index contributed by atoms with van der Waals surface area (Å²) < 4.78 is -1.89. The molecule has 1 N–H and O–H groups in total. The molecule has 0 saturated heterocycles. The van der Waals surface area contributed by atoms with Gasteiger partial charge in [-0.05, 0) is 6.92 Å². The van der Waals surface area contributed by atoms with Crippen molar-refractivity contribution in [2.45, 2.75) is 4.33 Å². The number of carbonyl (C=O) groups is 1. The number of rotatable bonds is 1. The highest BCUT2D eigenvalue weighted by Gasteiger charge is 2.26. The summed E-state index contributed by atoms with van der Waals surface area (Å²) in [5, 5.41) is 7.92. The molecule has 0 heterocycles. The molecule has 0 aliphatic rings. The average Bonchev–Trinajstić information content (AvgIpc) is 1.31. The average molecular weight is 142 g/mol. The molecule has 4 heteroatoms. The molecule has 41 valence electrons. The van der Waals surface area contributed by atoms with Crippen molar-refractivity contribution >= 4 is 29.2 Å². The summed E-state index contributed by atoms with van der Waals surface area (Å²) in [5.41, 5.74) is 0. The first kappa shape index (κ1) is 7.05. The lowest BCUT2D eigenvalue weighted by molar-refractivity contribution is -0.136. The van der Waals surface area contributed by atoms with E-state index in [0.717, 1.165) is 0 Å². The second kappa shape index (κ2) is 1.88. The van der Waals surface area contributed by atoms with Crippen LogP contribution < -0.4 is 0 Å². The maximum atomic E-state index is 9.69. The molecule has 0 aromatic heterocycles. The first-order chi connectivity index (χ1) is 2.94. The normalized spacial score (nSPS) is 11.3. The second-order valence-corrected chi connectivity index (χ2v) is 2.49. The minimum atomic E-state index is -1.89. The Labute approximate surface area is 51.0 Å². The van der Waals surface area contributed by atoms with Crippen molar-refractivity contribution in [2.75, 3.05) is 0 Å². The Morgan fingerprint density at radius 2 is 1.86 bits per heavy atom. The Kier molecular flexibility index (Phi) is 1.90. The number of hydrogen-bond acceptors (Lipinski definition) is 1. The number of carboxylic acids is 1. The van der Waals surface area contributed by atoms with Gasteiger partial charge in [-0.2, -0.15) is 0 Å². The number of aliphatic carboxylic acids is 1. The van der Waals surface area contributed by atoms with Crippen LogP contribution in [0.4, 0.5) is 0 Å². The van der Waals surface area contributed by atoms with Crippen molar-refractivity contribution in [3.8, 4) is 0 Å². The van der Waals surface area contributed by atoms with E-state index < -0.39 is 10.3 Å². The monoisotopic (exact) mass is 141 g/mol. The van der Waals surface area contributed by atoms with Gasteiger partial charge in [-0.1, -0.05) is 23.2 Å². The van der Waals surface area contributed by atoms with Crippen LogP contribution in [0.5, 0.6) is 0 Å². The van der Waals surface area contributed by atoms with Crippen LogP contribution in [0.1, 0.15) is 0 Å². The summed E-state index contributed by atoms with van der Waals surface area (Å²) in [4.78, 5) is 9.69. The molecule has 0 aromatic rings. The third-order valence-electron chi connectivity index (χ3n) is 0.313. The van der Waals surface area contributed by atoms with E-state index in [0.29, 0.717) is 0 Å². The fourth-order valence-electron chi connectivity index (χ4n) is 0. The van der Waals surface area contributed by atoms with Gasteiger partial charge in [0, 0.05) is 0 Å². The molecule has 0 rings (SSSR count). The Morgan fingerprint density at radius 3 is 1.86 bits per heavy atom. The Balaban J connectivity index is 3.79. The van der Waals surface area contributed by atoms with Gasteiger partial charge in [0.2, 0.25) is 4.33 Å². The first-order valence-electron chi connectivity index (χ1n) is 1.41. The molecule has 2 nitrogen and oxygen atoms in total. The van der Waals surface area contributed by atoms with Crippen molar-refractivity contribution in [1.82, 2.24) is 0 Å². The Bertz CT molecular complexity index is 83.4. The van der Waals surface area contributed by atoms with Gasteiger partial charge in [0.05, 0.1) is 0 Å². The molecular weight excluding hydrogens is 139 g/mol. The highest BCUT2D eigenvalue weighted by Crippen LogP contribution is 2.17. The third kappa shape index (κ3) is 2.71. The summed E-state index contributed by atoms with van der Waals surface area (Å²) in [6.07, 6.45) is 0. The van der Waals surface area contributed by atoms with Crippen LogP contribution >= 0.6 is 23.2 Å². The minimum absolute atomic E-state index is 1.34. The number of alkyl halides is 2. The van der Waals surface area contributed by atoms with Crippen LogP contribution in [0.3, 0.4) is 0 Å². The van der Waals surface area contributed by atoms with Gasteiger partial charge in [-0.3, -0.25) is 0 Å². The highest BCUT2D eigenvalue weighted by molar-refractivity contribution is 6.57. The van der Waals surface area contributed by atoms with E-state index in [4.69, 9.17) is 28.3 Å². The molecule has 0 bridgehead atoms. The molecule has 1 radical (unpaired) electrons. The maximum Gasteiger partial charge on any atom is 0.340 e. The zero-order valence-corrected chi connectivity index (χ0v) is 4.83. The lowest BCUT2D eigenvalue weighted by Gasteiger charge is -2.02. The molecule has 0 spiro atoms. The smallest absolute Gasteiger partial charge is 0.340 e. The fourth-order valence-corrected chi connectivity index (χ4v) is 0. The van der Waals surface area contributed by atoms with Crippen molar-refractivity contribution < 1.29 is 9.90 Å². The van der Waals surface area contributed by atoms with Gasteiger partial charge in [0.1, 0.15) is 0 Å². The van der Waals surface area contributed by atoms with Gasteiger partial charge in [0.15, 0.2) is 0 Å². The lowest BCUT2D eigenvalue weighted by Crippen LogP contribution is -2.20. The van der Waals surface area contributed by atoms with E-state index in [1.165, 1.54) is 0 Å². The van der Waals surface area contributed by atoms with Crippen LogP contribution in [0.2, 0.25) is 0 Å². The molecule has 0 aliphatic heterocycles. The highest BCUT2D eigenvalue weighted by atomic mass is 35.5. The van der Waals surface area contributed by atoms with E-state index in [2.05, 4.69) is 6.92 Å². The standard InChI is InChI=1S/C3H3Cl2O2/c1-3(4,5)2(6)7/h1H2,(H,6,7). The van der Waals surface area contributed by atoms with Crippen molar-refractivity contribution in [3.05, 3.63) is 6.92 Å². The van der Waals surface area contributed by atoms with E-state index in [9.17, 15) is 4.79 Å². The van der Waals surface area contributed by atoms with Gasteiger partial charge in [0.25, 0.3) is 0 Å². The Morgan fingerprint density at radius 1 is 1.71 bits per heavy atom. The van der Waals surface area contributed by atoms with Crippen LogP contribution in [0.15, 0.2) is 0 Å². The summed E-state index contributed by atoms with van der Waals surface area (Å²) in [5.74, 6) is -1.34. The lowest BCUT2D eigenvalue weighted by atomic mass is 10.5. The van der Waals surface area contributed by atoms with Crippen LogP contribution in [0, 0.1) is 6.92 Å². The van der Waals surface area contributed by atoms with E-state index in [1.807, 2.05) is 0 Å². The summed E-state index contributed by atoms with van der Waals surface area (Å²) in [7, 11) is 0. The molecule has 7 heavy (non-hydrogen) atoms. The van der Waals surface area contributed by atoms with E-state index in [-0.39, 0.29) is 0 Å². The third-order valence-corrected chi connectivity index (χ3v) is 0.636. The van der Waals surface area contributed by atoms with Crippen molar-refractivity contribution in [3.63, 3.8) is 0 Å². The predicted molar refractivity (Wildman–Crippen MR) is 27.4 cm³/mol. The Hall–Kier alpha value is 0.0500. The largest absolute Gasteiger partial charge is 0.479 e. The topological polar surface area (TPSA) is 37.3 Å².